The third-order valence-corrected chi connectivity index (χ3v) is 7.75. The van der Waals surface area contributed by atoms with Crippen LogP contribution in [-0.2, 0) is 10.1 Å². The second-order valence-corrected chi connectivity index (χ2v) is 9.14. The fraction of sp³-hybridized carbons (Fsp3) is 1.00. The van der Waals surface area contributed by atoms with Crippen molar-refractivity contribution in [3.63, 3.8) is 0 Å². The average molecular weight is 306 g/mol. The highest BCUT2D eigenvalue weighted by molar-refractivity contribution is 7.86. The summed E-state index contributed by atoms with van der Waals surface area (Å²) in [6.07, 6.45) is 5.27. The van der Waals surface area contributed by atoms with E-state index in [9.17, 15) is 17.2 Å². The minimum Gasteiger partial charge on any atom is -0.281 e. The van der Waals surface area contributed by atoms with E-state index in [4.69, 9.17) is 4.55 Å². The lowest BCUT2D eigenvalue weighted by Gasteiger charge is -2.43. The molecule has 4 bridgehead atoms. The van der Waals surface area contributed by atoms with Gasteiger partial charge in [0.2, 0.25) is 0 Å². The van der Waals surface area contributed by atoms with Crippen LogP contribution in [0.25, 0.3) is 0 Å². The summed E-state index contributed by atoms with van der Waals surface area (Å²) in [6.45, 7) is 0. The molecule has 0 amide bonds. The van der Waals surface area contributed by atoms with Crippen molar-refractivity contribution in [3.8, 4) is 0 Å². The summed E-state index contributed by atoms with van der Waals surface area (Å²) in [5, 5.41) is -3.99. The molecule has 0 radical (unpaired) electrons. The molecule has 6 unspecified atom stereocenters. The molecule has 4 fully saturated rings. The lowest BCUT2D eigenvalue weighted by Crippen LogP contribution is -2.41. The van der Waals surface area contributed by atoms with Crippen LogP contribution in [0.4, 0.5) is 8.78 Å². The van der Waals surface area contributed by atoms with E-state index in [0.717, 1.165) is 25.7 Å². The van der Waals surface area contributed by atoms with Crippen LogP contribution in [-0.4, -0.2) is 18.2 Å². The maximum Gasteiger partial charge on any atom is 0.370 e. The van der Waals surface area contributed by atoms with Crippen LogP contribution in [0, 0.1) is 35.0 Å². The Kier molecular flexibility index (Phi) is 2.52. The predicted octanol–water partition coefficient (Wildman–Crippen LogP) is 3.32. The summed E-state index contributed by atoms with van der Waals surface area (Å²) in [4.78, 5) is 0. The lowest BCUT2D eigenvalue weighted by molar-refractivity contribution is -0.0182. The van der Waals surface area contributed by atoms with E-state index in [1.54, 1.807) is 0 Å². The largest absolute Gasteiger partial charge is 0.370 e. The summed E-state index contributed by atoms with van der Waals surface area (Å²) < 4.78 is 58.6. The second kappa shape index (κ2) is 3.75. The van der Waals surface area contributed by atoms with Gasteiger partial charge in [-0.1, -0.05) is 0 Å². The van der Waals surface area contributed by atoms with Crippen LogP contribution in [0.15, 0.2) is 0 Å². The standard InChI is InChI=1S/C14H20F2O3S/c15-14(16,20(17,18)19)7-13-4-3-10(6-13)11-8-1-2-9(5-8)12(11)13/h8-12H,1-7H2,(H,17,18,19). The Morgan fingerprint density at radius 1 is 1.15 bits per heavy atom. The van der Waals surface area contributed by atoms with Crippen LogP contribution in [0.1, 0.15) is 44.9 Å². The quantitative estimate of drug-likeness (QED) is 0.643. The minimum absolute atomic E-state index is 0.285. The summed E-state index contributed by atoms with van der Waals surface area (Å²) in [5.41, 5.74) is -0.533. The molecule has 0 aliphatic heterocycles. The first-order chi connectivity index (χ1) is 9.24. The van der Waals surface area contributed by atoms with Gasteiger partial charge in [-0.05, 0) is 73.5 Å². The molecule has 4 aliphatic carbocycles. The molecule has 6 heteroatoms. The average Bonchev–Trinajstić information content (AvgIpc) is 3.03. The van der Waals surface area contributed by atoms with Crippen molar-refractivity contribution < 1.29 is 21.8 Å². The van der Waals surface area contributed by atoms with Crippen molar-refractivity contribution in [3.05, 3.63) is 0 Å². The minimum atomic E-state index is -5.29. The first kappa shape index (κ1) is 13.4. The van der Waals surface area contributed by atoms with Crippen LogP contribution in [0.3, 0.4) is 0 Å². The van der Waals surface area contributed by atoms with Gasteiger partial charge in [0.05, 0.1) is 0 Å². The number of alkyl halides is 2. The van der Waals surface area contributed by atoms with Gasteiger partial charge in [-0.15, -0.1) is 0 Å². The summed E-state index contributed by atoms with van der Waals surface area (Å²) in [6, 6.07) is 0. The molecule has 0 saturated heterocycles. The van der Waals surface area contributed by atoms with Crippen molar-refractivity contribution in [2.75, 3.05) is 0 Å². The molecule has 0 aromatic rings. The molecule has 0 heterocycles. The molecular formula is C14H20F2O3S. The molecule has 20 heavy (non-hydrogen) atoms. The van der Waals surface area contributed by atoms with Gasteiger partial charge in [0.1, 0.15) is 0 Å². The Morgan fingerprint density at radius 2 is 1.85 bits per heavy atom. The van der Waals surface area contributed by atoms with Gasteiger partial charge in [0.25, 0.3) is 0 Å². The Hall–Kier alpha value is -0.230. The number of fused-ring (bicyclic) bond motifs is 9. The molecular weight excluding hydrogens is 286 g/mol. The Morgan fingerprint density at radius 3 is 2.55 bits per heavy atom. The maximum absolute atomic E-state index is 13.9. The number of hydrogen-bond acceptors (Lipinski definition) is 2. The van der Waals surface area contributed by atoms with Crippen molar-refractivity contribution in [2.45, 2.75) is 50.2 Å². The van der Waals surface area contributed by atoms with E-state index in [-0.39, 0.29) is 5.92 Å². The van der Waals surface area contributed by atoms with Gasteiger partial charge in [-0.2, -0.15) is 17.2 Å². The zero-order valence-corrected chi connectivity index (χ0v) is 12.1. The van der Waals surface area contributed by atoms with Gasteiger partial charge in [0.15, 0.2) is 0 Å². The first-order valence-electron chi connectivity index (χ1n) is 7.58. The van der Waals surface area contributed by atoms with Crippen LogP contribution >= 0.6 is 0 Å². The van der Waals surface area contributed by atoms with Crippen molar-refractivity contribution in [1.82, 2.24) is 0 Å². The fourth-order valence-electron chi connectivity index (χ4n) is 6.53. The van der Waals surface area contributed by atoms with E-state index in [0.29, 0.717) is 30.1 Å². The highest BCUT2D eigenvalue weighted by atomic mass is 32.2. The van der Waals surface area contributed by atoms with Gasteiger partial charge in [-0.3, -0.25) is 4.55 Å². The van der Waals surface area contributed by atoms with E-state index < -0.39 is 27.2 Å². The molecule has 114 valence electrons. The second-order valence-electron chi connectivity index (χ2n) is 7.59. The molecule has 0 aromatic heterocycles. The molecule has 4 saturated carbocycles. The topological polar surface area (TPSA) is 54.4 Å². The van der Waals surface area contributed by atoms with Crippen molar-refractivity contribution in [1.29, 1.82) is 0 Å². The van der Waals surface area contributed by atoms with Gasteiger partial charge in [-0.25, -0.2) is 0 Å². The van der Waals surface area contributed by atoms with Crippen molar-refractivity contribution >= 4 is 10.1 Å². The summed E-state index contributed by atoms with van der Waals surface area (Å²) >= 11 is 0. The summed E-state index contributed by atoms with van der Waals surface area (Å²) in [5.74, 6) is 2.57. The van der Waals surface area contributed by atoms with E-state index in [1.165, 1.54) is 6.42 Å². The summed E-state index contributed by atoms with van der Waals surface area (Å²) in [7, 11) is -5.29. The van der Waals surface area contributed by atoms with Gasteiger partial charge < -0.3 is 0 Å². The third kappa shape index (κ3) is 1.55. The van der Waals surface area contributed by atoms with Crippen molar-refractivity contribution in [2.24, 2.45) is 35.0 Å². The molecule has 4 aliphatic rings. The molecule has 6 atom stereocenters. The monoisotopic (exact) mass is 306 g/mol. The fourth-order valence-corrected chi connectivity index (χ4v) is 7.00. The predicted molar refractivity (Wildman–Crippen MR) is 68.7 cm³/mol. The normalized spacial score (nSPS) is 49.9. The van der Waals surface area contributed by atoms with E-state index in [2.05, 4.69) is 0 Å². The Bertz CT molecular complexity index is 547. The van der Waals surface area contributed by atoms with Crippen LogP contribution in [0.2, 0.25) is 0 Å². The Labute approximate surface area is 117 Å². The molecule has 0 spiro atoms. The smallest absolute Gasteiger partial charge is 0.281 e. The number of halogens is 2. The lowest BCUT2D eigenvalue weighted by atomic mass is 9.63. The maximum atomic E-state index is 13.9. The van der Waals surface area contributed by atoms with Crippen LogP contribution < -0.4 is 0 Å². The highest BCUT2D eigenvalue weighted by Gasteiger charge is 2.68. The molecule has 4 rings (SSSR count). The zero-order chi connectivity index (χ0) is 14.3. The molecule has 0 aromatic carbocycles. The van der Waals surface area contributed by atoms with E-state index >= 15 is 0 Å². The SMILES string of the molecule is O=S(=O)(O)C(F)(F)CC12CCC(C1)C1C3CCC(C3)C12. The third-order valence-electron chi connectivity index (χ3n) is 6.85. The number of hydrogen-bond donors (Lipinski definition) is 1. The first-order valence-corrected chi connectivity index (χ1v) is 9.02. The van der Waals surface area contributed by atoms with E-state index in [1.807, 2.05) is 0 Å². The molecule has 1 N–H and O–H groups in total. The van der Waals surface area contributed by atoms with Gasteiger partial charge in [0, 0.05) is 6.42 Å². The van der Waals surface area contributed by atoms with Crippen LogP contribution in [0.5, 0.6) is 0 Å². The highest BCUT2D eigenvalue weighted by Crippen LogP contribution is 2.74. The van der Waals surface area contributed by atoms with Gasteiger partial charge >= 0.3 is 15.4 Å². The Balaban J connectivity index is 1.68. The zero-order valence-electron chi connectivity index (χ0n) is 11.3. The molecule has 3 nitrogen and oxygen atoms in total. The number of rotatable bonds is 3.